The summed E-state index contributed by atoms with van der Waals surface area (Å²) in [5.41, 5.74) is -3.68. The van der Waals surface area contributed by atoms with Crippen molar-refractivity contribution in [2.75, 3.05) is 43.1 Å². The molecule has 2 N–H and O–H groups in total. The van der Waals surface area contributed by atoms with E-state index in [1.54, 1.807) is 29.1 Å². The zero-order valence-corrected chi connectivity index (χ0v) is 20.1. The average Bonchev–Trinajstić information content (AvgIpc) is 2.84. The van der Waals surface area contributed by atoms with Crippen LogP contribution in [0.1, 0.15) is 30.0 Å². The van der Waals surface area contributed by atoms with Gasteiger partial charge in [-0.05, 0) is 13.0 Å². The molecule has 206 valence electrons. The fourth-order valence-corrected chi connectivity index (χ4v) is 4.35. The number of carbonyl (C=O) groups is 1. The summed E-state index contributed by atoms with van der Waals surface area (Å²) in [5, 5.41) is 7.70. The summed E-state index contributed by atoms with van der Waals surface area (Å²) in [6.45, 7) is 2.61. The first kappa shape index (κ1) is 27.4. The molecule has 0 aliphatic carbocycles. The number of aromatic nitrogens is 3. The van der Waals surface area contributed by atoms with Crippen LogP contribution in [0.15, 0.2) is 29.3 Å². The van der Waals surface area contributed by atoms with Gasteiger partial charge >= 0.3 is 12.4 Å². The molecular formula is C23H24F6N6O3. The predicted molar refractivity (Wildman–Crippen MR) is 124 cm³/mol. The SMILES string of the molecule is C[C@@H](COCCC(=O)N1CCN2c3ncc(C(F)(F)F)cc3C=C[C@H]2C1)Nc1cn[nH]c(=O)c1C(F)(F)F. The van der Waals surface area contributed by atoms with Gasteiger partial charge in [-0.3, -0.25) is 9.59 Å². The standard InChI is InChI=1S/C23H24F6N6O3/c1-13(32-17-10-31-33-21(37)19(17)23(27,28)29)12-38-7-4-18(36)34-5-6-35-16(11-34)3-2-14-8-15(22(24,25)26)9-30-20(14)35/h2-3,8-10,13,16H,4-7,11-12H2,1H3,(H2,32,33,37)/t13-,16-/m0/s1. The number of hydrogen-bond acceptors (Lipinski definition) is 7. The third-order valence-electron chi connectivity index (χ3n) is 6.13. The van der Waals surface area contributed by atoms with Crippen LogP contribution in [-0.4, -0.2) is 70.9 Å². The monoisotopic (exact) mass is 546 g/mol. The lowest BCUT2D eigenvalue weighted by atomic mass is 10.0. The van der Waals surface area contributed by atoms with E-state index in [0.717, 1.165) is 18.5 Å². The number of anilines is 2. The molecule has 0 aromatic carbocycles. The Morgan fingerprint density at radius 2 is 1.97 bits per heavy atom. The van der Waals surface area contributed by atoms with Gasteiger partial charge in [-0.1, -0.05) is 12.2 Å². The quantitative estimate of drug-likeness (QED) is 0.406. The van der Waals surface area contributed by atoms with E-state index in [1.165, 1.54) is 0 Å². The van der Waals surface area contributed by atoms with Gasteiger partial charge in [0.05, 0.1) is 43.1 Å². The van der Waals surface area contributed by atoms with Crippen LogP contribution in [0.25, 0.3) is 6.08 Å². The highest BCUT2D eigenvalue weighted by Gasteiger charge is 2.38. The summed E-state index contributed by atoms with van der Waals surface area (Å²) in [4.78, 5) is 31.7. The molecule has 4 heterocycles. The first-order chi connectivity index (χ1) is 17.8. The molecule has 38 heavy (non-hydrogen) atoms. The number of alkyl halides is 6. The molecular weight excluding hydrogens is 522 g/mol. The zero-order valence-electron chi connectivity index (χ0n) is 20.1. The maximum Gasteiger partial charge on any atom is 0.423 e. The maximum absolute atomic E-state index is 13.2. The molecule has 4 rings (SSSR count). The Bertz CT molecular complexity index is 1260. The minimum atomic E-state index is -4.87. The van der Waals surface area contributed by atoms with Crippen LogP contribution in [0, 0.1) is 0 Å². The average molecular weight is 546 g/mol. The van der Waals surface area contributed by atoms with Crippen LogP contribution in [0.5, 0.6) is 0 Å². The molecule has 15 heteroatoms. The van der Waals surface area contributed by atoms with Gasteiger partial charge in [0.25, 0.3) is 5.56 Å². The fourth-order valence-electron chi connectivity index (χ4n) is 4.35. The highest BCUT2D eigenvalue weighted by molar-refractivity contribution is 5.77. The first-order valence-electron chi connectivity index (χ1n) is 11.6. The Balaban J connectivity index is 1.25. The lowest BCUT2D eigenvalue weighted by molar-refractivity contribution is -0.138. The topological polar surface area (TPSA) is 103 Å². The number of nitrogens with zero attached hydrogens (tertiary/aromatic N) is 4. The minimum Gasteiger partial charge on any atom is -0.379 e. The summed E-state index contributed by atoms with van der Waals surface area (Å²) < 4.78 is 83.9. The molecule has 2 atom stereocenters. The zero-order chi connectivity index (χ0) is 27.7. The molecule has 0 bridgehead atoms. The van der Waals surface area contributed by atoms with Gasteiger partial charge in [-0.2, -0.15) is 31.4 Å². The molecule has 2 aliphatic rings. The van der Waals surface area contributed by atoms with Crippen LogP contribution in [0.4, 0.5) is 37.8 Å². The van der Waals surface area contributed by atoms with Gasteiger partial charge in [0.2, 0.25) is 5.91 Å². The van der Waals surface area contributed by atoms with Crippen molar-refractivity contribution in [1.82, 2.24) is 20.1 Å². The van der Waals surface area contributed by atoms with Gasteiger partial charge in [-0.15, -0.1) is 0 Å². The fraction of sp³-hybridized carbons (Fsp3) is 0.478. The van der Waals surface area contributed by atoms with E-state index in [4.69, 9.17) is 4.74 Å². The molecule has 1 saturated heterocycles. The molecule has 9 nitrogen and oxygen atoms in total. The number of ether oxygens (including phenoxy) is 1. The lowest BCUT2D eigenvalue weighted by Gasteiger charge is -2.43. The van der Waals surface area contributed by atoms with Crippen molar-refractivity contribution in [1.29, 1.82) is 0 Å². The Morgan fingerprint density at radius 1 is 1.21 bits per heavy atom. The van der Waals surface area contributed by atoms with Crippen molar-refractivity contribution in [3.63, 3.8) is 0 Å². The first-order valence-corrected chi connectivity index (χ1v) is 11.6. The molecule has 0 saturated carbocycles. The smallest absolute Gasteiger partial charge is 0.379 e. The molecule has 1 fully saturated rings. The molecule has 0 radical (unpaired) electrons. The number of rotatable bonds is 7. The summed E-state index contributed by atoms with van der Waals surface area (Å²) in [5.74, 6) is 0.245. The van der Waals surface area contributed by atoms with Crippen molar-refractivity contribution in [2.45, 2.75) is 37.8 Å². The Kier molecular flexibility index (Phi) is 7.67. The van der Waals surface area contributed by atoms with Gasteiger partial charge in [0.15, 0.2) is 0 Å². The van der Waals surface area contributed by atoms with E-state index in [2.05, 4.69) is 15.4 Å². The van der Waals surface area contributed by atoms with E-state index in [1.807, 2.05) is 4.90 Å². The van der Waals surface area contributed by atoms with Crippen molar-refractivity contribution in [3.05, 3.63) is 51.6 Å². The molecule has 0 spiro atoms. The number of aromatic amines is 1. The summed E-state index contributed by atoms with van der Waals surface area (Å²) in [6.07, 6.45) is -4.34. The van der Waals surface area contributed by atoms with Crippen molar-refractivity contribution in [3.8, 4) is 0 Å². The van der Waals surface area contributed by atoms with E-state index < -0.39 is 40.8 Å². The van der Waals surface area contributed by atoms with Gasteiger partial charge in [-0.25, -0.2) is 10.1 Å². The molecule has 2 aliphatic heterocycles. The van der Waals surface area contributed by atoms with Gasteiger partial charge in [0.1, 0.15) is 11.4 Å². The minimum absolute atomic E-state index is 0.0237. The van der Waals surface area contributed by atoms with Crippen LogP contribution < -0.4 is 15.8 Å². The summed E-state index contributed by atoms with van der Waals surface area (Å²) in [6, 6.07) is 0.201. The number of H-pyrrole nitrogens is 1. The van der Waals surface area contributed by atoms with Crippen LogP contribution in [-0.2, 0) is 21.9 Å². The Morgan fingerprint density at radius 3 is 2.68 bits per heavy atom. The number of halogens is 6. The number of fused-ring (bicyclic) bond motifs is 3. The van der Waals surface area contributed by atoms with E-state index in [9.17, 15) is 35.9 Å². The van der Waals surface area contributed by atoms with Gasteiger partial charge < -0.3 is 19.9 Å². The van der Waals surface area contributed by atoms with E-state index in [0.29, 0.717) is 31.0 Å². The third-order valence-corrected chi connectivity index (χ3v) is 6.13. The second kappa shape index (κ2) is 10.6. The van der Waals surface area contributed by atoms with Crippen molar-refractivity contribution in [2.24, 2.45) is 0 Å². The molecule has 2 aromatic rings. The largest absolute Gasteiger partial charge is 0.423 e. The third kappa shape index (κ3) is 6.09. The predicted octanol–water partition coefficient (Wildman–Crippen LogP) is 3.15. The molecule has 1 amide bonds. The lowest BCUT2D eigenvalue weighted by Crippen LogP contribution is -2.55. The molecule has 0 unspecified atom stereocenters. The number of piperazine rings is 1. The van der Waals surface area contributed by atoms with Gasteiger partial charge in [0, 0.05) is 37.4 Å². The molecule has 2 aromatic heterocycles. The van der Waals surface area contributed by atoms with E-state index in [-0.39, 0.29) is 31.6 Å². The van der Waals surface area contributed by atoms with Crippen LogP contribution in [0.2, 0.25) is 0 Å². The normalized spacial score (nSPS) is 18.1. The van der Waals surface area contributed by atoms with Crippen LogP contribution in [0.3, 0.4) is 0 Å². The summed E-state index contributed by atoms with van der Waals surface area (Å²) in [7, 11) is 0. The van der Waals surface area contributed by atoms with E-state index >= 15 is 0 Å². The number of amides is 1. The van der Waals surface area contributed by atoms with Crippen LogP contribution >= 0.6 is 0 Å². The number of hydrogen-bond donors (Lipinski definition) is 2. The van der Waals surface area contributed by atoms with Crippen molar-refractivity contribution < 1.29 is 35.9 Å². The second-order valence-electron chi connectivity index (χ2n) is 8.95. The number of nitrogens with one attached hydrogen (secondary N) is 2. The summed E-state index contributed by atoms with van der Waals surface area (Å²) >= 11 is 0. The maximum atomic E-state index is 13.2. The second-order valence-corrected chi connectivity index (χ2v) is 8.95. The highest BCUT2D eigenvalue weighted by Crippen LogP contribution is 2.35. The number of carbonyl (C=O) groups excluding carboxylic acids is 1. The highest BCUT2D eigenvalue weighted by atomic mass is 19.4. The number of pyridine rings is 1. The Labute approximate surface area is 212 Å². The van der Waals surface area contributed by atoms with Crippen molar-refractivity contribution >= 4 is 23.5 Å². The Hall–Kier alpha value is -3.62.